The average Bonchev–Trinajstić information content (AvgIpc) is 3.62. The van der Waals surface area contributed by atoms with Crippen LogP contribution in [-0.4, -0.2) is 119 Å². The van der Waals surface area contributed by atoms with E-state index in [2.05, 4.69) is 38.8 Å². The lowest BCUT2D eigenvalue weighted by Crippen LogP contribution is -2.60. The zero-order valence-electron chi connectivity index (χ0n) is 27.5. The minimum absolute atomic E-state index is 0.0367. The molecule has 48 heavy (non-hydrogen) atoms. The van der Waals surface area contributed by atoms with Crippen LogP contribution in [0.15, 0.2) is 22.9 Å². The fourth-order valence-corrected chi connectivity index (χ4v) is 9.49. The summed E-state index contributed by atoms with van der Waals surface area (Å²) in [6.45, 7) is 4.47. The van der Waals surface area contributed by atoms with Gasteiger partial charge in [0.15, 0.2) is 0 Å². The van der Waals surface area contributed by atoms with Crippen molar-refractivity contribution in [3.05, 3.63) is 44.6 Å². The van der Waals surface area contributed by atoms with Gasteiger partial charge in [0.1, 0.15) is 6.04 Å². The molecule has 11 nitrogen and oxygen atoms in total. The molecule has 2 aromatic rings. The average molecular weight is 693 g/mol. The standard InChI is InChI=1S/C35H45ClN8O3S/c1-3-23-14-22(15-29(36)32(23)37)16-30(33(45)42-12-10-41(11-13-42)28-17-26-4-5-27(18-28)40(26)2)38-34(46)43-8-6-25(7-9-43)44-19-24-20-48-21-31(24)39-35(44)47/h1,14-15,20-21,25-28,30H,4-13,16-19,37H2,2H3,(H,38,46)(H,39,47)/t26?,27?,28?,30-/m1/s1. The largest absolute Gasteiger partial charge is 0.397 e. The summed E-state index contributed by atoms with van der Waals surface area (Å²) in [5.74, 6) is 2.48. The Balaban J connectivity index is 1.00. The Morgan fingerprint density at radius 1 is 1.02 bits per heavy atom. The lowest BCUT2D eigenvalue weighted by Gasteiger charge is -2.45. The van der Waals surface area contributed by atoms with Gasteiger partial charge in [-0.1, -0.05) is 17.5 Å². The Bertz CT molecular complexity index is 1580. The Labute approximate surface area is 291 Å². The molecule has 0 spiro atoms. The van der Waals surface area contributed by atoms with Gasteiger partial charge in [-0.15, -0.1) is 17.8 Å². The summed E-state index contributed by atoms with van der Waals surface area (Å²) in [7, 11) is 2.26. The Kier molecular flexibility index (Phi) is 9.48. The van der Waals surface area contributed by atoms with Crippen LogP contribution in [-0.2, 0) is 17.8 Å². The van der Waals surface area contributed by atoms with Gasteiger partial charge in [0.05, 0.1) is 22.9 Å². The van der Waals surface area contributed by atoms with Gasteiger partial charge in [0, 0.05) is 86.4 Å². The van der Waals surface area contributed by atoms with Gasteiger partial charge < -0.3 is 36.0 Å². The molecule has 0 aliphatic carbocycles. The van der Waals surface area contributed by atoms with Crippen molar-refractivity contribution >= 4 is 52.3 Å². The molecule has 6 heterocycles. The Hall–Kier alpha value is -3.50. The highest BCUT2D eigenvalue weighted by molar-refractivity contribution is 7.08. The summed E-state index contributed by atoms with van der Waals surface area (Å²) in [5.41, 5.74) is 9.63. The SMILES string of the molecule is C#Cc1cc(C[C@@H](NC(=O)N2CCC(N3Cc4cscc4NC3=O)CC2)C(=O)N2CCN(C3CC4CCC(C3)N4C)CC2)cc(Cl)c1N. The molecule has 5 aliphatic rings. The Morgan fingerprint density at radius 2 is 1.73 bits per heavy atom. The summed E-state index contributed by atoms with van der Waals surface area (Å²) in [6, 6.07) is 4.27. The van der Waals surface area contributed by atoms with E-state index in [1.54, 1.807) is 28.4 Å². The molecular formula is C35H45ClN8O3S. The van der Waals surface area contributed by atoms with Gasteiger partial charge >= 0.3 is 12.1 Å². The molecular weight excluding hydrogens is 648 g/mol. The second-order valence-corrected chi connectivity index (χ2v) is 15.2. The predicted octanol–water partition coefficient (Wildman–Crippen LogP) is 3.87. The number of rotatable bonds is 6. The monoisotopic (exact) mass is 692 g/mol. The van der Waals surface area contributed by atoms with Gasteiger partial charge in [0.2, 0.25) is 5.91 Å². The van der Waals surface area contributed by atoms with Crippen LogP contribution in [0.25, 0.3) is 0 Å². The number of nitrogens with two attached hydrogens (primary N) is 1. The zero-order chi connectivity index (χ0) is 33.5. The second-order valence-electron chi connectivity index (χ2n) is 14.0. The number of nitrogens with zero attached hydrogens (tertiary/aromatic N) is 5. The number of carbonyl (C=O) groups is 3. The molecule has 256 valence electrons. The first kappa shape index (κ1) is 33.0. The van der Waals surface area contributed by atoms with Crippen LogP contribution < -0.4 is 16.4 Å². The second kappa shape index (κ2) is 13.8. The van der Waals surface area contributed by atoms with Crippen LogP contribution in [0.4, 0.5) is 21.0 Å². The van der Waals surface area contributed by atoms with Crippen LogP contribution in [0.2, 0.25) is 5.02 Å². The van der Waals surface area contributed by atoms with E-state index < -0.39 is 6.04 Å². The van der Waals surface area contributed by atoms with Gasteiger partial charge in [-0.25, -0.2) is 9.59 Å². The number of hydrogen-bond donors (Lipinski definition) is 3. The molecule has 3 atom stereocenters. The number of benzene rings is 1. The summed E-state index contributed by atoms with van der Waals surface area (Å²) >= 11 is 8.00. The summed E-state index contributed by atoms with van der Waals surface area (Å²) in [6.07, 6.45) is 12.2. The number of nitrogen functional groups attached to an aromatic ring is 1. The molecule has 1 aromatic heterocycles. The fourth-order valence-electron chi connectivity index (χ4n) is 8.47. The number of amides is 5. The number of piperazine rings is 1. The van der Waals surface area contributed by atoms with E-state index in [0.717, 1.165) is 29.9 Å². The lowest BCUT2D eigenvalue weighted by molar-refractivity contribution is -0.135. The molecule has 2 unspecified atom stereocenters. The minimum atomic E-state index is -0.795. The van der Waals surface area contributed by atoms with Gasteiger partial charge in [-0.2, -0.15) is 0 Å². The van der Waals surface area contributed by atoms with Crippen molar-refractivity contribution in [3.8, 4) is 12.3 Å². The van der Waals surface area contributed by atoms with E-state index in [1.165, 1.54) is 25.7 Å². The lowest BCUT2D eigenvalue weighted by atomic mass is 9.95. The summed E-state index contributed by atoms with van der Waals surface area (Å²) in [4.78, 5) is 51.3. The fraction of sp³-hybridized carbons (Fsp3) is 0.571. The first-order valence-corrected chi connectivity index (χ1v) is 18.5. The van der Waals surface area contributed by atoms with Crippen molar-refractivity contribution in [1.82, 2.24) is 29.8 Å². The van der Waals surface area contributed by atoms with E-state index in [0.29, 0.717) is 80.0 Å². The number of carbonyl (C=O) groups excluding carboxylic acids is 3. The maximum Gasteiger partial charge on any atom is 0.322 e. The van der Waals surface area contributed by atoms with Gasteiger partial charge in [-0.05, 0) is 68.6 Å². The van der Waals surface area contributed by atoms with Crippen molar-refractivity contribution < 1.29 is 14.4 Å². The predicted molar refractivity (Wildman–Crippen MR) is 189 cm³/mol. The summed E-state index contributed by atoms with van der Waals surface area (Å²) < 4.78 is 0. The van der Waals surface area contributed by atoms with Crippen molar-refractivity contribution in [2.24, 2.45) is 0 Å². The van der Waals surface area contributed by atoms with E-state index in [9.17, 15) is 14.4 Å². The van der Waals surface area contributed by atoms with Crippen LogP contribution in [0, 0.1) is 12.3 Å². The quantitative estimate of drug-likeness (QED) is 0.313. The number of fused-ring (bicyclic) bond motifs is 3. The summed E-state index contributed by atoms with van der Waals surface area (Å²) in [5, 5.41) is 10.4. The van der Waals surface area contributed by atoms with Crippen molar-refractivity contribution in [2.75, 3.05) is 57.4 Å². The molecule has 4 N–H and O–H groups in total. The van der Waals surface area contributed by atoms with E-state index in [4.69, 9.17) is 23.8 Å². The Morgan fingerprint density at radius 3 is 2.42 bits per heavy atom. The molecule has 0 radical (unpaired) electrons. The van der Waals surface area contributed by atoms with E-state index in [1.807, 2.05) is 15.2 Å². The number of halogens is 1. The molecule has 2 bridgehead atoms. The molecule has 5 amide bonds. The van der Waals surface area contributed by atoms with Crippen LogP contribution >= 0.6 is 22.9 Å². The number of thiophene rings is 1. The first-order valence-electron chi connectivity index (χ1n) is 17.2. The van der Waals surface area contributed by atoms with Crippen LogP contribution in [0.3, 0.4) is 0 Å². The number of urea groups is 2. The number of nitrogens with one attached hydrogen (secondary N) is 2. The zero-order valence-corrected chi connectivity index (χ0v) is 29.1. The third-order valence-electron chi connectivity index (χ3n) is 11.4. The van der Waals surface area contributed by atoms with E-state index in [-0.39, 0.29) is 30.4 Å². The normalized spacial score (nSPS) is 25.7. The highest BCUT2D eigenvalue weighted by Gasteiger charge is 2.42. The molecule has 4 fully saturated rings. The molecule has 5 aliphatic heterocycles. The highest BCUT2D eigenvalue weighted by atomic mass is 35.5. The van der Waals surface area contributed by atoms with Crippen LogP contribution in [0.1, 0.15) is 55.2 Å². The van der Waals surface area contributed by atoms with Gasteiger partial charge in [0.25, 0.3) is 0 Å². The van der Waals surface area contributed by atoms with Crippen molar-refractivity contribution in [2.45, 2.75) is 81.7 Å². The van der Waals surface area contributed by atoms with Gasteiger partial charge in [-0.3, -0.25) is 9.69 Å². The third-order valence-corrected chi connectivity index (χ3v) is 12.5. The van der Waals surface area contributed by atoms with Crippen molar-refractivity contribution in [1.29, 1.82) is 0 Å². The molecule has 1 aromatic carbocycles. The minimum Gasteiger partial charge on any atom is -0.397 e. The number of anilines is 2. The smallest absolute Gasteiger partial charge is 0.322 e. The maximum absolute atomic E-state index is 14.2. The molecule has 0 saturated carbocycles. The maximum atomic E-state index is 14.2. The number of hydrogen-bond acceptors (Lipinski definition) is 7. The first-order chi connectivity index (χ1) is 23.2. The number of likely N-dealkylation sites (tertiary alicyclic amines) is 1. The van der Waals surface area contributed by atoms with Crippen molar-refractivity contribution in [3.63, 3.8) is 0 Å². The van der Waals surface area contributed by atoms with Crippen LogP contribution in [0.5, 0.6) is 0 Å². The molecule has 13 heteroatoms. The number of piperidine rings is 2. The molecule has 7 rings (SSSR count). The van der Waals surface area contributed by atoms with E-state index >= 15 is 0 Å². The highest BCUT2D eigenvalue weighted by Crippen LogP contribution is 2.37. The third kappa shape index (κ3) is 6.58. The topological polar surface area (TPSA) is 117 Å². The number of terminal acetylenes is 1. The molecule has 4 saturated heterocycles.